The second kappa shape index (κ2) is 3.69. The van der Waals surface area contributed by atoms with Gasteiger partial charge in [0, 0.05) is 18.3 Å². The monoisotopic (exact) mass is 233 g/mol. The fourth-order valence-electron chi connectivity index (χ4n) is 2.01. The SMILES string of the molecule is CC1C(=O)N(C)c2ccc(C(=O)C(=O)O)cc21. The maximum Gasteiger partial charge on any atom is 0.377 e. The van der Waals surface area contributed by atoms with Crippen molar-refractivity contribution in [2.45, 2.75) is 12.8 Å². The number of fused-ring (bicyclic) bond motifs is 1. The first-order chi connectivity index (χ1) is 7.93. The molecule has 0 spiro atoms. The number of carbonyl (C=O) groups is 3. The molecule has 2 rings (SSSR count). The van der Waals surface area contributed by atoms with Gasteiger partial charge < -0.3 is 10.0 Å². The molecule has 1 N–H and O–H groups in total. The number of rotatable bonds is 2. The van der Waals surface area contributed by atoms with Crippen LogP contribution < -0.4 is 4.90 Å². The standard InChI is InChI=1S/C12H11NO4/c1-6-8-5-7(10(14)12(16)17)3-4-9(8)13(2)11(6)15/h3-6H,1-2H3,(H,16,17). The van der Waals surface area contributed by atoms with E-state index in [1.807, 2.05) is 0 Å². The van der Waals surface area contributed by atoms with Crippen molar-refractivity contribution in [1.29, 1.82) is 0 Å². The first kappa shape index (κ1) is 11.3. The third kappa shape index (κ3) is 1.60. The quantitative estimate of drug-likeness (QED) is 0.611. The van der Waals surface area contributed by atoms with Crippen molar-refractivity contribution in [3.05, 3.63) is 29.3 Å². The molecule has 1 aliphatic rings. The molecule has 1 unspecified atom stereocenters. The van der Waals surface area contributed by atoms with Crippen LogP contribution in [0.3, 0.4) is 0 Å². The van der Waals surface area contributed by atoms with E-state index < -0.39 is 11.8 Å². The molecular formula is C12H11NO4. The Bertz CT molecular complexity index is 535. The number of amides is 1. The number of likely N-dealkylation sites (N-methyl/N-ethyl adjacent to an activating group) is 1. The van der Waals surface area contributed by atoms with E-state index in [0.717, 1.165) is 5.69 Å². The maximum absolute atomic E-state index is 11.7. The molecule has 88 valence electrons. The van der Waals surface area contributed by atoms with Crippen molar-refractivity contribution in [3.8, 4) is 0 Å². The molecule has 0 aliphatic carbocycles. The van der Waals surface area contributed by atoms with Gasteiger partial charge in [0.25, 0.3) is 5.78 Å². The number of carboxylic acid groups (broad SMARTS) is 1. The van der Waals surface area contributed by atoms with Crippen LogP contribution in [0.4, 0.5) is 5.69 Å². The Morgan fingerprint density at radius 1 is 1.35 bits per heavy atom. The van der Waals surface area contributed by atoms with E-state index >= 15 is 0 Å². The van der Waals surface area contributed by atoms with Gasteiger partial charge in [-0.1, -0.05) is 0 Å². The molecule has 1 heterocycles. The number of anilines is 1. The van der Waals surface area contributed by atoms with Gasteiger partial charge in [0.15, 0.2) is 0 Å². The summed E-state index contributed by atoms with van der Waals surface area (Å²) in [5.74, 6) is -2.84. The van der Waals surface area contributed by atoms with Gasteiger partial charge in [0.05, 0.1) is 5.92 Å². The number of carboxylic acids is 1. The van der Waals surface area contributed by atoms with Crippen LogP contribution in [0.2, 0.25) is 0 Å². The first-order valence-electron chi connectivity index (χ1n) is 5.12. The predicted molar refractivity (Wildman–Crippen MR) is 60.2 cm³/mol. The molecule has 0 fully saturated rings. The summed E-state index contributed by atoms with van der Waals surface area (Å²) >= 11 is 0. The molecule has 1 aliphatic heterocycles. The van der Waals surface area contributed by atoms with Crippen LogP contribution in [-0.4, -0.2) is 29.8 Å². The lowest BCUT2D eigenvalue weighted by atomic mass is 9.99. The van der Waals surface area contributed by atoms with E-state index in [2.05, 4.69) is 0 Å². The summed E-state index contributed by atoms with van der Waals surface area (Å²) in [5.41, 5.74) is 1.53. The van der Waals surface area contributed by atoms with Crippen molar-refractivity contribution in [2.75, 3.05) is 11.9 Å². The molecule has 5 heteroatoms. The largest absolute Gasteiger partial charge is 0.475 e. The number of carbonyl (C=O) groups excluding carboxylic acids is 2. The summed E-state index contributed by atoms with van der Waals surface area (Å²) < 4.78 is 0. The third-order valence-corrected chi connectivity index (χ3v) is 3.01. The number of aliphatic carboxylic acids is 1. The van der Waals surface area contributed by atoms with E-state index in [0.29, 0.717) is 5.56 Å². The van der Waals surface area contributed by atoms with Crippen molar-refractivity contribution < 1.29 is 19.5 Å². The van der Waals surface area contributed by atoms with Crippen molar-refractivity contribution in [1.82, 2.24) is 0 Å². The van der Waals surface area contributed by atoms with Gasteiger partial charge in [-0.15, -0.1) is 0 Å². The van der Waals surface area contributed by atoms with Gasteiger partial charge in [-0.2, -0.15) is 0 Å². The summed E-state index contributed by atoms with van der Waals surface area (Å²) in [7, 11) is 1.66. The predicted octanol–water partition coefficient (Wildman–Crippen LogP) is 1.03. The zero-order chi connectivity index (χ0) is 12.7. The zero-order valence-electron chi connectivity index (χ0n) is 9.43. The first-order valence-corrected chi connectivity index (χ1v) is 5.12. The lowest BCUT2D eigenvalue weighted by Crippen LogP contribution is -2.22. The van der Waals surface area contributed by atoms with Gasteiger partial charge in [-0.3, -0.25) is 9.59 Å². The topological polar surface area (TPSA) is 74.7 Å². The van der Waals surface area contributed by atoms with E-state index in [1.54, 1.807) is 20.0 Å². The average molecular weight is 233 g/mol. The Balaban J connectivity index is 2.50. The lowest BCUT2D eigenvalue weighted by Gasteiger charge is -2.09. The highest BCUT2D eigenvalue weighted by molar-refractivity contribution is 6.40. The lowest BCUT2D eigenvalue weighted by molar-refractivity contribution is -0.131. The number of ketones is 1. The molecule has 5 nitrogen and oxygen atoms in total. The fourth-order valence-corrected chi connectivity index (χ4v) is 2.01. The van der Waals surface area contributed by atoms with Gasteiger partial charge in [-0.05, 0) is 30.7 Å². The Kier molecular flexibility index (Phi) is 2.46. The summed E-state index contributed by atoms with van der Waals surface area (Å²) in [6.07, 6.45) is 0. The van der Waals surface area contributed by atoms with Crippen LogP contribution in [0.15, 0.2) is 18.2 Å². The van der Waals surface area contributed by atoms with Crippen molar-refractivity contribution >= 4 is 23.3 Å². The van der Waals surface area contributed by atoms with Crippen LogP contribution in [0, 0.1) is 0 Å². The Morgan fingerprint density at radius 2 is 2.00 bits per heavy atom. The Hall–Kier alpha value is -2.17. The zero-order valence-corrected chi connectivity index (χ0v) is 9.43. The summed E-state index contributed by atoms with van der Waals surface area (Å²) in [6.45, 7) is 1.74. The summed E-state index contributed by atoms with van der Waals surface area (Å²) in [4.78, 5) is 35.1. The molecule has 0 bridgehead atoms. The fraction of sp³-hybridized carbons (Fsp3) is 0.250. The molecule has 1 atom stereocenters. The number of hydrogen-bond donors (Lipinski definition) is 1. The molecule has 0 radical (unpaired) electrons. The van der Waals surface area contributed by atoms with Crippen LogP contribution >= 0.6 is 0 Å². The van der Waals surface area contributed by atoms with Gasteiger partial charge in [0.2, 0.25) is 5.91 Å². The smallest absolute Gasteiger partial charge is 0.377 e. The maximum atomic E-state index is 11.7. The van der Waals surface area contributed by atoms with Gasteiger partial charge in [0.1, 0.15) is 0 Å². The van der Waals surface area contributed by atoms with Gasteiger partial charge in [-0.25, -0.2) is 4.79 Å². The number of benzene rings is 1. The number of nitrogens with zero attached hydrogens (tertiary/aromatic N) is 1. The minimum atomic E-state index is -1.49. The summed E-state index contributed by atoms with van der Waals surface area (Å²) in [5, 5.41) is 8.63. The Labute approximate surface area is 97.7 Å². The van der Waals surface area contributed by atoms with E-state index in [-0.39, 0.29) is 17.4 Å². The highest BCUT2D eigenvalue weighted by Crippen LogP contribution is 2.36. The van der Waals surface area contributed by atoms with E-state index in [9.17, 15) is 14.4 Å². The van der Waals surface area contributed by atoms with E-state index in [1.165, 1.54) is 17.0 Å². The Morgan fingerprint density at radius 3 is 2.59 bits per heavy atom. The highest BCUT2D eigenvalue weighted by Gasteiger charge is 2.32. The highest BCUT2D eigenvalue weighted by atomic mass is 16.4. The van der Waals surface area contributed by atoms with Crippen LogP contribution in [0.1, 0.15) is 28.8 Å². The minimum Gasteiger partial charge on any atom is -0.475 e. The van der Waals surface area contributed by atoms with Crippen molar-refractivity contribution in [3.63, 3.8) is 0 Å². The second-order valence-electron chi connectivity index (χ2n) is 4.03. The molecule has 1 aromatic carbocycles. The van der Waals surface area contributed by atoms with Crippen LogP contribution in [0.25, 0.3) is 0 Å². The average Bonchev–Trinajstić information content (AvgIpc) is 2.53. The normalized spacial score (nSPS) is 18.1. The molecule has 1 aromatic rings. The molecule has 0 aromatic heterocycles. The van der Waals surface area contributed by atoms with E-state index in [4.69, 9.17) is 5.11 Å². The number of hydrogen-bond acceptors (Lipinski definition) is 3. The third-order valence-electron chi connectivity index (χ3n) is 3.01. The molecular weight excluding hydrogens is 222 g/mol. The molecule has 0 saturated heterocycles. The number of Topliss-reactive ketones (excluding diaryl/α,β-unsaturated/α-hetero) is 1. The molecule has 1 amide bonds. The molecule has 17 heavy (non-hydrogen) atoms. The summed E-state index contributed by atoms with van der Waals surface area (Å²) in [6, 6.07) is 4.52. The van der Waals surface area contributed by atoms with Crippen LogP contribution in [-0.2, 0) is 9.59 Å². The second-order valence-corrected chi connectivity index (χ2v) is 4.03. The molecule has 0 saturated carbocycles. The van der Waals surface area contributed by atoms with Crippen molar-refractivity contribution in [2.24, 2.45) is 0 Å². The van der Waals surface area contributed by atoms with Crippen LogP contribution in [0.5, 0.6) is 0 Å². The minimum absolute atomic E-state index is 0.0556. The van der Waals surface area contributed by atoms with Gasteiger partial charge >= 0.3 is 5.97 Å².